The molecule has 0 amide bonds. The predicted octanol–water partition coefficient (Wildman–Crippen LogP) is 1.43. The second-order valence-corrected chi connectivity index (χ2v) is 7.83. The van der Waals surface area contributed by atoms with Crippen molar-refractivity contribution in [3.05, 3.63) is 29.3 Å². The summed E-state index contributed by atoms with van der Waals surface area (Å²) in [4.78, 5) is 2.60. The van der Waals surface area contributed by atoms with Gasteiger partial charge in [0, 0.05) is 38.8 Å². The quantitative estimate of drug-likeness (QED) is 0.880. The molecule has 3 rings (SSSR count). The minimum atomic E-state index is -3.48. The lowest BCUT2D eigenvalue weighted by atomic mass is 10.2. The second-order valence-electron chi connectivity index (χ2n) is 5.52. The Bertz CT molecular complexity index is 598. The van der Waals surface area contributed by atoms with E-state index in [1.165, 1.54) is 0 Å². The highest BCUT2D eigenvalue weighted by Crippen LogP contribution is 2.25. The molecular weight excluding hydrogens is 345 g/mol. The molecule has 0 spiro atoms. The van der Waals surface area contributed by atoms with E-state index in [4.69, 9.17) is 11.6 Å². The van der Waals surface area contributed by atoms with Gasteiger partial charge in [-0.2, -0.15) is 4.31 Å². The van der Waals surface area contributed by atoms with Crippen molar-refractivity contribution in [2.75, 3.05) is 39.3 Å². The smallest absolute Gasteiger partial charge is 0.244 e. The summed E-state index contributed by atoms with van der Waals surface area (Å²) in [7, 11) is -3.48. The highest BCUT2D eigenvalue weighted by Gasteiger charge is 2.32. The van der Waals surface area contributed by atoms with Gasteiger partial charge in [-0.3, -0.25) is 4.90 Å². The molecule has 8 heteroatoms. The molecule has 0 aliphatic carbocycles. The van der Waals surface area contributed by atoms with Gasteiger partial charge in [0.1, 0.15) is 4.90 Å². The van der Waals surface area contributed by atoms with Crippen molar-refractivity contribution in [3.63, 3.8) is 0 Å². The van der Waals surface area contributed by atoms with Crippen LogP contribution in [0.4, 0.5) is 0 Å². The van der Waals surface area contributed by atoms with Crippen LogP contribution < -0.4 is 5.32 Å². The van der Waals surface area contributed by atoms with E-state index in [1.54, 1.807) is 28.6 Å². The van der Waals surface area contributed by atoms with Gasteiger partial charge in [0.2, 0.25) is 10.0 Å². The van der Waals surface area contributed by atoms with Crippen LogP contribution >= 0.6 is 24.0 Å². The fraction of sp³-hybridized carbons (Fsp3) is 0.571. The number of nitrogens with zero attached hydrogens (tertiary/aromatic N) is 2. The molecular formula is C14H21Cl2N3O2S. The Labute approximate surface area is 143 Å². The maximum atomic E-state index is 12.6. The number of nitrogens with one attached hydrogen (secondary N) is 1. The fourth-order valence-corrected chi connectivity index (χ4v) is 4.97. The van der Waals surface area contributed by atoms with Gasteiger partial charge in [-0.15, -0.1) is 12.4 Å². The van der Waals surface area contributed by atoms with Crippen molar-refractivity contribution in [1.29, 1.82) is 0 Å². The summed E-state index contributed by atoms with van der Waals surface area (Å²) in [6.07, 6.45) is 1.15. The lowest BCUT2D eigenvalue weighted by Crippen LogP contribution is -2.52. The van der Waals surface area contributed by atoms with E-state index in [-0.39, 0.29) is 17.3 Å². The van der Waals surface area contributed by atoms with Gasteiger partial charge in [-0.1, -0.05) is 23.7 Å². The summed E-state index contributed by atoms with van der Waals surface area (Å²) in [6, 6.07) is 7.20. The highest BCUT2D eigenvalue weighted by molar-refractivity contribution is 7.89. The molecule has 1 aromatic carbocycles. The van der Waals surface area contributed by atoms with Crippen LogP contribution in [0.1, 0.15) is 6.42 Å². The van der Waals surface area contributed by atoms with Gasteiger partial charge >= 0.3 is 0 Å². The van der Waals surface area contributed by atoms with Crippen LogP contribution in [0, 0.1) is 0 Å². The molecule has 0 aromatic heterocycles. The Kier molecular flexibility index (Phi) is 6.10. The number of hydrogen-bond donors (Lipinski definition) is 1. The summed E-state index contributed by atoms with van der Waals surface area (Å²) >= 11 is 6.04. The average molecular weight is 366 g/mol. The van der Waals surface area contributed by atoms with Crippen LogP contribution in [0.15, 0.2) is 29.2 Å². The largest absolute Gasteiger partial charge is 0.315 e. The highest BCUT2D eigenvalue weighted by atomic mass is 35.5. The Morgan fingerprint density at radius 1 is 1.14 bits per heavy atom. The molecule has 1 aromatic rings. The zero-order valence-electron chi connectivity index (χ0n) is 12.2. The number of sulfonamides is 1. The summed E-state index contributed by atoms with van der Waals surface area (Å²) in [5.41, 5.74) is 0. The Balaban J connectivity index is 0.00000176. The van der Waals surface area contributed by atoms with Crippen molar-refractivity contribution in [2.24, 2.45) is 0 Å². The molecule has 2 heterocycles. The SMILES string of the molecule is Cl.O=S(=O)(c1ccccc1Cl)N1CCN(C2CCNC2)CC1. The number of benzene rings is 1. The van der Waals surface area contributed by atoms with Crippen molar-refractivity contribution in [1.82, 2.24) is 14.5 Å². The zero-order valence-corrected chi connectivity index (χ0v) is 14.6. The van der Waals surface area contributed by atoms with Crippen molar-refractivity contribution in [2.45, 2.75) is 17.4 Å². The molecule has 22 heavy (non-hydrogen) atoms. The molecule has 2 saturated heterocycles. The standard InChI is InChI=1S/C14H20ClN3O2S.ClH/c15-13-3-1-2-4-14(13)21(19,20)18-9-7-17(8-10-18)12-5-6-16-11-12;/h1-4,12,16H,5-11H2;1H. The third-order valence-electron chi connectivity index (χ3n) is 4.28. The summed E-state index contributed by atoms with van der Waals surface area (Å²) in [5.74, 6) is 0. The molecule has 2 fully saturated rings. The van der Waals surface area contributed by atoms with E-state index in [0.717, 1.165) is 32.6 Å². The second kappa shape index (κ2) is 7.47. The van der Waals surface area contributed by atoms with E-state index >= 15 is 0 Å². The van der Waals surface area contributed by atoms with Crippen molar-refractivity contribution >= 4 is 34.0 Å². The van der Waals surface area contributed by atoms with E-state index in [9.17, 15) is 8.42 Å². The van der Waals surface area contributed by atoms with Crippen LogP contribution in [0.2, 0.25) is 5.02 Å². The first kappa shape index (κ1) is 18.0. The van der Waals surface area contributed by atoms with Crippen LogP contribution in [0.3, 0.4) is 0 Å². The first-order chi connectivity index (χ1) is 10.1. The van der Waals surface area contributed by atoms with Crippen molar-refractivity contribution in [3.8, 4) is 0 Å². The first-order valence-electron chi connectivity index (χ1n) is 7.28. The molecule has 5 nitrogen and oxygen atoms in total. The van der Waals surface area contributed by atoms with Gasteiger partial charge in [-0.05, 0) is 25.1 Å². The zero-order chi connectivity index (χ0) is 14.9. The normalized spacial score (nSPS) is 24.1. The number of rotatable bonds is 3. The van der Waals surface area contributed by atoms with Gasteiger partial charge in [0.25, 0.3) is 0 Å². The fourth-order valence-electron chi connectivity index (χ4n) is 3.05. The van der Waals surface area contributed by atoms with E-state index in [1.807, 2.05) is 0 Å². The van der Waals surface area contributed by atoms with E-state index in [2.05, 4.69) is 10.2 Å². The summed E-state index contributed by atoms with van der Waals surface area (Å²) in [5, 5.41) is 3.65. The maximum absolute atomic E-state index is 12.6. The number of halogens is 2. The third kappa shape index (κ3) is 3.58. The van der Waals surface area contributed by atoms with Crippen molar-refractivity contribution < 1.29 is 8.42 Å². The maximum Gasteiger partial charge on any atom is 0.244 e. The molecule has 0 bridgehead atoms. The van der Waals surface area contributed by atoms with Crippen LogP contribution in [0.25, 0.3) is 0 Å². The summed E-state index contributed by atoms with van der Waals surface area (Å²) in [6.45, 7) is 4.71. The Hall–Kier alpha value is -0.370. The van der Waals surface area contributed by atoms with E-state index < -0.39 is 10.0 Å². The number of piperazine rings is 1. The van der Waals surface area contributed by atoms with Gasteiger partial charge in [0.15, 0.2) is 0 Å². The first-order valence-corrected chi connectivity index (χ1v) is 9.10. The van der Waals surface area contributed by atoms with Gasteiger partial charge < -0.3 is 5.32 Å². The minimum absolute atomic E-state index is 0. The van der Waals surface area contributed by atoms with Crippen LogP contribution in [-0.4, -0.2) is 62.9 Å². The van der Waals surface area contributed by atoms with Crippen LogP contribution in [-0.2, 0) is 10.0 Å². The Morgan fingerprint density at radius 2 is 1.82 bits per heavy atom. The molecule has 1 N–H and O–H groups in total. The molecule has 1 unspecified atom stereocenters. The predicted molar refractivity (Wildman–Crippen MR) is 90.3 cm³/mol. The lowest BCUT2D eigenvalue weighted by molar-refractivity contribution is 0.145. The minimum Gasteiger partial charge on any atom is -0.315 e. The van der Waals surface area contributed by atoms with E-state index in [0.29, 0.717) is 24.2 Å². The molecule has 1 atom stereocenters. The number of hydrogen-bond acceptors (Lipinski definition) is 4. The average Bonchev–Trinajstić information content (AvgIpc) is 3.02. The molecule has 0 radical (unpaired) electrons. The molecule has 2 aliphatic rings. The monoisotopic (exact) mass is 365 g/mol. The van der Waals surface area contributed by atoms with Gasteiger partial charge in [-0.25, -0.2) is 8.42 Å². The molecule has 124 valence electrons. The lowest BCUT2D eigenvalue weighted by Gasteiger charge is -2.37. The molecule has 2 aliphatic heterocycles. The van der Waals surface area contributed by atoms with Crippen LogP contribution in [0.5, 0.6) is 0 Å². The Morgan fingerprint density at radius 3 is 2.41 bits per heavy atom. The summed E-state index contributed by atoms with van der Waals surface area (Å²) < 4.78 is 26.8. The third-order valence-corrected chi connectivity index (χ3v) is 6.68. The van der Waals surface area contributed by atoms with Gasteiger partial charge in [0.05, 0.1) is 5.02 Å². The topological polar surface area (TPSA) is 52.7 Å². The molecule has 0 saturated carbocycles.